The van der Waals surface area contributed by atoms with Crippen LogP contribution in [0.2, 0.25) is 5.04 Å². The van der Waals surface area contributed by atoms with Crippen LogP contribution in [0.3, 0.4) is 0 Å². The molecule has 0 saturated heterocycles. The van der Waals surface area contributed by atoms with Crippen LogP contribution in [-0.2, 0) is 4.43 Å². The van der Waals surface area contributed by atoms with E-state index in [4.69, 9.17) is 9.53 Å². The summed E-state index contributed by atoms with van der Waals surface area (Å²) in [6.07, 6.45) is 1.32. The van der Waals surface area contributed by atoms with Crippen LogP contribution >= 0.6 is 0 Å². The summed E-state index contributed by atoms with van der Waals surface area (Å²) < 4.78 is 19.8. The third-order valence-corrected chi connectivity index (χ3v) is 9.18. The summed E-state index contributed by atoms with van der Waals surface area (Å²) in [5, 5.41) is 11.0. The van der Waals surface area contributed by atoms with Crippen molar-refractivity contribution in [2.24, 2.45) is 0 Å². The van der Waals surface area contributed by atoms with Crippen molar-refractivity contribution in [2.75, 3.05) is 13.2 Å². The van der Waals surface area contributed by atoms with Gasteiger partial charge in [-0.1, -0.05) is 81.4 Å². The lowest BCUT2D eigenvalue weighted by Crippen LogP contribution is -2.66. The molecule has 24 heavy (non-hydrogen) atoms. The van der Waals surface area contributed by atoms with E-state index in [0.717, 1.165) is 10.4 Å². The summed E-state index contributed by atoms with van der Waals surface area (Å²) in [6.45, 7) is 6.06. The first-order chi connectivity index (χ1) is 11.4. The summed E-state index contributed by atoms with van der Waals surface area (Å²) in [5.74, 6) is -0.562. The second-order valence-corrected chi connectivity index (χ2v) is 11.1. The van der Waals surface area contributed by atoms with E-state index in [1.54, 1.807) is 0 Å². The lowest BCUT2D eigenvalue weighted by atomic mass is 10.2. The van der Waals surface area contributed by atoms with E-state index in [-0.39, 0.29) is 11.6 Å². The molecule has 0 heterocycles. The van der Waals surface area contributed by atoms with Crippen molar-refractivity contribution in [3.05, 3.63) is 72.6 Å². The van der Waals surface area contributed by atoms with Crippen LogP contribution in [-0.4, -0.2) is 26.6 Å². The Bertz CT molecular complexity index is 624. The van der Waals surface area contributed by atoms with Gasteiger partial charge in [-0.15, -0.1) is 0 Å². The van der Waals surface area contributed by atoms with Crippen molar-refractivity contribution in [1.29, 1.82) is 0 Å². The molecule has 2 nitrogen and oxygen atoms in total. The molecule has 2 aromatic carbocycles. The fourth-order valence-electron chi connectivity index (χ4n) is 3.08. The molecule has 0 bridgehead atoms. The van der Waals surface area contributed by atoms with E-state index in [9.17, 15) is 4.39 Å². The van der Waals surface area contributed by atoms with E-state index < -0.39 is 20.8 Å². The molecule has 0 aliphatic heterocycles. The monoisotopic (exact) mass is 344 g/mol. The summed E-state index contributed by atoms with van der Waals surface area (Å²) in [6, 6.07) is 20.4. The second-order valence-electron chi connectivity index (χ2n) is 6.78. The van der Waals surface area contributed by atoms with Gasteiger partial charge in [0.2, 0.25) is 0 Å². The third kappa shape index (κ3) is 3.83. The maximum atomic E-state index is 13.4. The van der Waals surface area contributed by atoms with Crippen molar-refractivity contribution < 1.29 is 13.9 Å². The van der Waals surface area contributed by atoms with Gasteiger partial charge in [-0.3, -0.25) is 0 Å². The molecule has 0 atom stereocenters. The van der Waals surface area contributed by atoms with Gasteiger partial charge in [-0.05, 0) is 21.5 Å². The molecule has 0 fully saturated rings. The fourth-order valence-corrected chi connectivity index (χ4v) is 7.57. The van der Waals surface area contributed by atoms with Crippen LogP contribution in [0.1, 0.15) is 20.8 Å². The topological polar surface area (TPSA) is 29.5 Å². The fraction of sp³-hybridized carbons (Fsp3) is 0.300. The van der Waals surface area contributed by atoms with E-state index in [0.29, 0.717) is 0 Å². The van der Waals surface area contributed by atoms with Crippen molar-refractivity contribution in [3.63, 3.8) is 0 Å². The standard InChI is InChI=1S/C20H25FO2Si/c1-20(2,3)24(18-10-6-4-7-11-18,19-12-8-5-9-13-19)23-15-14-17(21)16-22/h4-14,22H,15-16H2,1-3H3. The minimum atomic E-state index is -2.62. The van der Waals surface area contributed by atoms with Gasteiger partial charge >= 0.3 is 0 Å². The van der Waals surface area contributed by atoms with E-state index in [1.165, 1.54) is 6.08 Å². The molecule has 0 aromatic heterocycles. The van der Waals surface area contributed by atoms with Gasteiger partial charge in [0.1, 0.15) is 5.83 Å². The average Bonchev–Trinajstić information content (AvgIpc) is 2.59. The Hall–Kier alpha value is -1.75. The summed E-state index contributed by atoms with van der Waals surface area (Å²) >= 11 is 0. The smallest absolute Gasteiger partial charge is 0.261 e. The number of halogens is 1. The van der Waals surface area contributed by atoms with Crippen LogP contribution in [0, 0.1) is 0 Å². The Labute approximate surface area is 144 Å². The zero-order valence-corrected chi connectivity index (χ0v) is 15.5. The molecule has 0 unspecified atom stereocenters. The number of aliphatic hydroxyl groups excluding tert-OH is 1. The number of rotatable bonds is 6. The Kier molecular flexibility index (Phi) is 6.10. The number of benzene rings is 2. The summed E-state index contributed by atoms with van der Waals surface area (Å²) in [7, 11) is -2.62. The Balaban J connectivity index is 2.57. The number of hydrogen-bond donors (Lipinski definition) is 1. The molecule has 0 spiro atoms. The Morgan fingerprint density at radius 3 is 1.83 bits per heavy atom. The third-order valence-electron chi connectivity index (χ3n) is 4.17. The molecule has 1 N–H and O–H groups in total. The van der Waals surface area contributed by atoms with Gasteiger partial charge < -0.3 is 9.53 Å². The lowest BCUT2D eigenvalue weighted by molar-refractivity contribution is 0.289. The SMILES string of the molecule is CC(C)(C)[Si](OCC=C(F)CO)(c1ccccc1)c1ccccc1. The lowest BCUT2D eigenvalue weighted by Gasteiger charge is -2.42. The largest absolute Gasteiger partial charge is 0.404 e. The van der Waals surface area contributed by atoms with E-state index >= 15 is 0 Å². The van der Waals surface area contributed by atoms with Gasteiger partial charge in [-0.2, -0.15) is 0 Å². The first-order valence-electron chi connectivity index (χ1n) is 8.12. The van der Waals surface area contributed by atoms with Crippen LogP contribution < -0.4 is 10.4 Å². The average molecular weight is 345 g/mol. The van der Waals surface area contributed by atoms with Gasteiger partial charge in [0.15, 0.2) is 0 Å². The minimum Gasteiger partial charge on any atom is -0.404 e. The van der Waals surface area contributed by atoms with E-state index in [2.05, 4.69) is 45.0 Å². The van der Waals surface area contributed by atoms with Crippen LogP contribution in [0.25, 0.3) is 0 Å². The van der Waals surface area contributed by atoms with Gasteiger partial charge in [-0.25, -0.2) is 4.39 Å². The van der Waals surface area contributed by atoms with Gasteiger partial charge in [0.25, 0.3) is 8.32 Å². The summed E-state index contributed by atoms with van der Waals surface area (Å²) in [5.41, 5.74) is 0. The zero-order chi connectivity index (χ0) is 17.6. The molecule has 0 aliphatic carbocycles. The van der Waals surface area contributed by atoms with Gasteiger partial charge in [0.05, 0.1) is 13.2 Å². The molecule has 0 aliphatic rings. The van der Waals surface area contributed by atoms with Crippen molar-refractivity contribution in [1.82, 2.24) is 0 Å². The Morgan fingerprint density at radius 1 is 1.00 bits per heavy atom. The molecular weight excluding hydrogens is 319 g/mol. The molecule has 2 rings (SSSR count). The van der Waals surface area contributed by atoms with Crippen LogP contribution in [0.4, 0.5) is 4.39 Å². The number of aliphatic hydroxyl groups is 1. The molecule has 4 heteroatoms. The predicted octanol–water partition coefficient (Wildman–Crippen LogP) is 3.41. The maximum Gasteiger partial charge on any atom is 0.261 e. The normalized spacial score (nSPS) is 13.1. The molecule has 0 radical (unpaired) electrons. The highest BCUT2D eigenvalue weighted by molar-refractivity contribution is 6.99. The quantitative estimate of drug-likeness (QED) is 0.814. The van der Waals surface area contributed by atoms with Crippen molar-refractivity contribution in [3.8, 4) is 0 Å². The molecule has 128 valence electrons. The first-order valence-corrected chi connectivity index (χ1v) is 10.0. The molecule has 0 amide bonds. The maximum absolute atomic E-state index is 13.4. The predicted molar refractivity (Wildman–Crippen MR) is 99.8 cm³/mol. The van der Waals surface area contributed by atoms with Crippen molar-refractivity contribution >= 4 is 18.7 Å². The van der Waals surface area contributed by atoms with Gasteiger partial charge in [0, 0.05) is 0 Å². The first kappa shape index (κ1) is 18.6. The second kappa shape index (κ2) is 7.88. The molecular formula is C20H25FO2Si. The van der Waals surface area contributed by atoms with Crippen LogP contribution in [0.5, 0.6) is 0 Å². The van der Waals surface area contributed by atoms with E-state index in [1.807, 2.05) is 36.4 Å². The number of hydrogen-bond acceptors (Lipinski definition) is 2. The van der Waals surface area contributed by atoms with Crippen LogP contribution in [0.15, 0.2) is 72.6 Å². The molecule has 0 saturated carbocycles. The minimum absolute atomic E-state index is 0.139. The molecule has 2 aromatic rings. The van der Waals surface area contributed by atoms with Crippen molar-refractivity contribution in [2.45, 2.75) is 25.8 Å². The highest BCUT2D eigenvalue weighted by Gasteiger charge is 2.49. The zero-order valence-electron chi connectivity index (χ0n) is 14.5. The Morgan fingerprint density at radius 2 is 1.46 bits per heavy atom. The highest BCUT2D eigenvalue weighted by atomic mass is 28.4. The highest BCUT2D eigenvalue weighted by Crippen LogP contribution is 2.36. The summed E-state index contributed by atoms with van der Waals surface area (Å²) in [4.78, 5) is 0.